The van der Waals surface area contributed by atoms with Crippen LogP contribution in [0.3, 0.4) is 0 Å². The molecule has 0 aromatic heterocycles. The van der Waals surface area contributed by atoms with E-state index in [9.17, 15) is 0 Å². The van der Waals surface area contributed by atoms with Gasteiger partial charge >= 0.3 is 0 Å². The van der Waals surface area contributed by atoms with Gasteiger partial charge in [-0.05, 0) is 12.8 Å². The SMILES string of the molecule is [B]C1(C)CCCCCCC(I)CC1. The van der Waals surface area contributed by atoms with Gasteiger partial charge in [-0.3, -0.25) is 0 Å². The van der Waals surface area contributed by atoms with Crippen molar-refractivity contribution in [3.63, 3.8) is 0 Å². The van der Waals surface area contributed by atoms with Gasteiger partial charge in [-0.25, -0.2) is 0 Å². The average Bonchev–Trinajstić information content (AvgIpc) is 2.07. The van der Waals surface area contributed by atoms with E-state index < -0.39 is 0 Å². The monoisotopic (exact) mass is 290 g/mol. The number of hydrogen-bond acceptors (Lipinski definition) is 0. The van der Waals surface area contributed by atoms with Crippen LogP contribution in [0.1, 0.15) is 58.3 Å². The van der Waals surface area contributed by atoms with E-state index in [0.29, 0.717) is 0 Å². The first-order valence-corrected chi connectivity index (χ1v) is 6.78. The van der Waals surface area contributed by atoms with Crippen molar-refractivity contribution >= 4 is 30.4 Å². The second-order valence-corrected chi connectivity index (χ2v) is 6.50. The maximum atomic E-state index is 6.23. The van der Waals surface area contributed by atoms with E-state index in [1.165, 1.54) is 51.4 Å². The minimum Gasteiger partial charge on any atom is -0.0826 e. The maximum Gasteiger partial charge on any atom is 0.0742 e. The number of halogens is 1. The van der Waals surface area contributed by atoms with Crippen molar-refractivity contribution in [2.24, 2.45) is 0 Å². The normalized spacial score (nSPS) is 38.5. The predicted octanol–water partition coefficient (Wildman–Crippen LogP) is 4.27. The van der Waals surface area contributed by atoms with Gasteiger partial charge in [-0.15, -0.1) is 0 Å². The second-order valence-electron chi connectivity index (χ2n) is 4.74. The average molecular weight is 290 g/mol. The smallest absolute Gasteiger partial charge is 0.0742 e. The lowest BCUT2D eigenvalue weighted by Gasteiger charge is -2.27. The van der Waals surface area contributed by atoms with E-state index in [1.807, 2.05) is 0 Å². The van der Waals surface area contributed by atoms with Crippen LogP contribution in [0.2, 0.25) is 5.31 Å². The summed E-state index contributed by atoms with van der Waals surface area (Å²) < 4.78 is 0.860. The Labute approximate surface area is 97.8 Å². The molecule has 0 bridgehead atoms. The van der Waals surface area contributed by atoms with Crippen molar-refractivity contribution < 1.29 is 0 Å². The van der Waals surface area contributed by atoms with Crippen molar-refractivity contribution in [1.29, 1.82) is 0 Å². The summed E-state index contributed by atoms with van der Waals surface area (Å²) in [5.41, 5.74) is 0. The van der Waals surface area contributed by atoms with E-state index in [2.05, 4.69) is 29.5 Å². The molecule has 0 saturated heterocycles. The van der Waals surface area contributed by atoms with Gasteiger partial charge in [0.2, 0.25) is 0 Å². The molecule has 2 radical (unpaired) electrons. The Hall–Kier alpha value is 0.795. The Balaban J connectivity index is 2.37. The van der Waals surface area contributed by atoms with Crippen LogP contribution in [0.15, 0.2) is 0 Å². The Morgan fingerprint density at radius 2 is 1.77 bits per heavy atom. The third-order valence-corrected chi connectivity index (χ3v) is 4.29. The summed E-state index contributed by atoms with van der Waals surface area (Å²) in [6.45, 7) is 2.22. The molecule has 0 N–H and O–H groups in total. The van der Waals surface area contributed by atoms with Crippen LogP contribution in [0.5, 0.6) is 0 Å². The lowest BCUT2D eigenvalue weighted by atomic mass is 9.64. The molecule has 0 aliphatic heterocycles. The summed E-state index contributed by atoms with van der Waals surface area (Å²) in [5, 5.41) is 0.112. The van der Waals surface area contributed by atoms with Crippen LogP contribution < -0.4 is 0 Å². The molecule has 1 aliphatic rings. The highest BCUT2D eigenvalue weighted by atomic mass is 127. The van der Waals surface area contributed by atoms with Crippen molar-refractivity contribution in [3.05, 3.63) is 0 Å². The molecule has 1 fully saturated rings. The topological polar surface area (TPSA) is 0 Å². The fourth-order valence-electron chi connectivity index (χ4n) is 2.00. The molecule has 0 aromatic carbocycles. The fourth-order valence-corrected chi connectivity index (χ4v) is 2.76. The zero-order valence-corrected chi connectivity index (χ0v) is 10.8. The minimum atomic E-state index is 0.112. The van der Waals surface area contributed by atoms with Gasteiger partial charge in [0, 0.05) is 3.92 Å². The first-order chi connectivity index (χ1) is 6.10. The van der Waals surface area contributed by atoms with Crippen LogP contribution in [0.25, 0.3) is 0 Å². The van der Waals surface area contributed by atoms with E-state index in [0.717, 1.165) is 3.92 Å². The molecule has 0 heterocycles. The second kappa shape index (κ2) is 5.62. The van der Waals surface area contributed by atoms with E-state index in [-0.39, 0.29) is 5.31 Å². The summed E-state index contributed by atoms with van der Waals surface area (Å²) in [5.74, 6) is 0. The molecule has 1 saturated carbocycles. The van der Waals surface area contributed by atoms with Gasteiger partial charge in [0.15, 0.2) is 0 Å². The lowest BCUT2D eigenvalue weighted by molar-refractivity contribution is 0.439. The van der Waals surface area contributed by atoms with Crippen molar-refractivity contribution in [2.75, 3.05) is 0 Å². The fraction of sp³-hybridized carbons (Fsp3) is 1.00. The van der Waals surface area contributed by atoms with Gasteiger partial charge in [-0.2, -0.15) is 0 Å². The number of rotatable bonds is 0. The Morgan fingerprint density at radius 1 is 1.08 bits per heavy atom. The predicted molar refractivity (Wildman–Crippen MR) is 68.9 cm³/mol. The van der Waals surface area contributed by atoms with Crippen molar-refractivity contribution in [1.82, 2.24) is 0 Å². The third kappa shape index (κ3) is 5.29. The first-order valence-electron chi connectivity index (χ1n) is 5.53. The number of hydrogen-bond donors (Lipinski definition) is 0. The summed E-state index contributed by atoms with van der Waals surface area (Å²) in [6.07, 6.45) is 10.7. The third-order valence-electron chi connectivity index (χ3n) is 3.04. The molecule has 13 heavy (non-hydrogen) atoms. The van der Waals surface area contributed by atoms with Gasteiger partial charge in [-0.1, -0.05) is 73.4 Å². The van der Waals surface area contributed by atoms with Gasteiger partial charge in [0.25, 0.3) is 0 Å². The summed E-state index contributed by atoms with van der Waals surface area (Å²) in [4.78, 5) is 0. The Morgan fingerprint density at radius 3 is 2.54 bits per heavy atom. The molecule has 2 unspecified atom stereocenters. The van der Waals surface area contributed by atoms with Crippen molar-refractivity contribution in [2.45, 2.75) is 67.5 Å². The zero-order valence-electron chi connectivity index (χ0n) is 8.69. The molecule has 2 heteroatoms. The van der Waals surface area contributed by atoms with E-state index in [1.54, 1.807) is 0 Å². The molecule has 0 aromatic rings. The molecule has 1 aliphatic carbocycles. The quantitative estimate of drug-likeness (QED) is 0.355. The molecule has 0 spiro atoms. The van der Waals surface area contributed by atoms with Gasteiger partial charge in [0.1, 0.15) is 0 Å². The Bertz CT molecular complexity index is 145. The minimum absolute atomic E-state index is 0.112. The van der Waals surface area contributed by atoms with Crippen LogP contribution in [0.4, 0.5) is 0 Å². The summed E-state index contributed by atoms with van der Waals surface area (Å²) in [6, 6.07) is 0. The molecule has 0 nitrogen and oxygen atoms in total. The summed E-state index contributed by atoms with van der Waals surface area (Å²) >= 11 is 2.59. The standard InChI is InChI=1S/C11H20BI/c1-11(12)8-5-3-2-4-6-10(13)7-9-11/h10H,2-9H2,1H3. The molecule has 74 valence electrons. The van der Waals surface area contributed by atoms with Crippen LogP contribution in [0, 0.1) is 0 Å². The lowest BCUT2D eigenvalue weighted by Crippen LogP contribution is -2.12. The maximum absolute atomic E-state index is 6.23. The van der Waals surface area contributed by atoms with Crippen molar-refractivity contribution in [3.8, 4) is 0 Å². The first kappa shape index (κ1) is 11.9. The molecular weight excluding hydrogens is 270 g/mol. The Kier molecular flexibility index (Phi) is 5.13. The molecule has 2 atom stereocenters. The zero-order chi connectivity index (χ0) is 9.73. The highest BCUT2D eigenvalue weighted by molar-refractivity contribution is 14.1. The van der Waals surface area contributed by atoms with Gasteiger partial charge in [0.05, 0.1) is 7.85 Å². The molecule has 1 rings (SSSR count). The highest BCUT2D eigenvalue weighted by Crippen LogP contribution is 2.37. The van der Waals surface area contributed by atoms with E-state index in [4.69, 9.17) is 7.85 Å². The molecule has 0 amide bonds. The summed E-state index contributed by atoms with van der Waals surface area (Å²) in [7, 11) is 6.23. The highest BCUT2D eigenvalue weighted by Gasteiger charge is 2.19. The number of alkyl halides is 1. The van der Waals surface area contributed by atoms with Crippen LogP contribution in [-0.4, -0.2) is 11.8 Å². The van der Waals surface area contributed by atoms with Crippen LogP contribution in [-0.2, 0) is 0 Å². The van der Waals surface area contributed by atoms with Gasteiger partial charge < -0.3 is 0 Å². The molecular formula is C11H20BI. The largest absolute Gasteiger partial charge is 0.0826 e. The van der Waals surface area contributed by atoms with E-state index >= 15 is 0 Å². The van der Waals surface area contributed by atoms with Crippen LogP contribution >= 0.6 is 22.6 Å².